The lowest BCUT2D eigenvalue weighted by atomic mass is 10.2. The highest BCUT2D eigenvalue weighted by Gasteiger charge is 2.08. The van der Waals surface area contributed by atoms with Gasteiger partial charge in [-0.1, -0.05) is 37.6 Å². The SMILES string of the molecule is COc1cc(CNC(C)C)ccc1OCc1ccc(F)cc1Cl. The first-order valence-electron chi connectivity index (χ1n) is 7.46. The van der Waals surface area contributed by atoms with Crippen molar-refractivity contribution in [2.45, 2.75) is 33.0 Å². The third kappa shape index (κ3) is 5.12. The summed E-state index contributed by atoms with van der Waals surface area (Å²) in [6, 6.07) is 10.5. The minimum atomic E-state index is -0.363. The number of halogens is 2. The van der Waals surface area contributed by atoms with E-state index in [9.17, 15) is 4.39 Å². The van der Waals surface area contributed by atoms with Crippen LogP contribution in [-0.2, 0) is 13.2 Å². The zero-order valence-electron chi connectivity index (χ0n) is 13.5. The van der Waals surface area contributed by atoms with Crippen molar-refractivity contribution < 1.29 is 13.9 Å². The van der Waals surface area contributed by atoms with Gasteiger partial charge in [0.15, 0.2) is 11.5 Å². The second-order valence-corrected chi connectivity index (χ2v) is 5.95. The Morgan fingerprint density at radius 3 is 2.57 bits per heavy atom. The fraction of sp³-hybridized carbons (Fsp3) is 0.333. The number of ether oxygens (including phenoxy) is 2. The van der Waals surface area contributed by atoms with E-state index in [1.54, 1.807) is 13.2 Å². The first kappa shape index (κ1) is 17.6. The molecule has 0 fully saturated rings. The molecule has 0 saturated carbocycles. The van der Waals surface area contributed by atoms with Gasteiger partial charge in [0, 0.05) is 18.2 Å². The van der Waals surface area contributed by atoms with Gasteiger partial charge < -0.3 is 14.8 Å². The topological polar surface area (TPSA) is 30.5 Å². The quantitative estimate of drug-likeness (QED) is 0.803. The number of hydrogen-bond acceptors (Lipinski definition) is 3. The van der Waals surface area contributed by atoms with Crippen LogP contribution in [0.5, 0.6) is 11.5 Å². The summed E-state index contributed by atoms with van der Waals surface area (Å²) < 4.78 is 24.2. The molecule has 0 bridgehead atoms. The Hall–Kier alpha value is -1.78. The summed E-state index contributed by atoms with van der Waals surface area (Å²) >= 11 is 6.01. The van der Waals surface area contributed by atoms with E-state index in [0.717, 1.165) is 17.7 Å². The lowest BCUT2D eigenvalue weighted by molar-refractivity contribution is 0.284. The third-order valence-corrected chi connectivity index (χ3v) is 3.69. The zero-order chi connectivity index (χ0) is 16.8. The molecular weight excluding hydrogens is 317 g/mol. The van der Waals surface area contributed by atoms with Gasteiger partial charge in [-0.2, -0.15) is 0 Å². The van der Waals surface area contributed by atoms with Crippen LogP contribution in [0.3, 0.4) is 0 Å². The number of methoxy groups -OCH3 is 1. The molecule has 2 aromatic carbocycles. The molecule has 1 N–H and O–H groups in total. The molecule has 0 aliphatic carbocycles. The van der Waals surface area contributed by atoms with E-state index < -0.39 is 0 Å². The average molecular weight is 338 g/mol. The van der Waals surface area contributed by atoms with Gasteiger partial charge in [0.25, 0.3) is 0 Å². The summed E-state index contributed by atoms with van der Waals surface area (Å²) in [6.45, 7) is 5.21. The highest BCUT2D eigenvalue weighted by Crippen LogP contribution is 2.29. The Labute approximate surface area is 141 Å². The van der Waals surface area contributed by atoms with Gasteiger partial charge in [0.2, 0.25) is 0 Å². The van der Waals surface area contributed by atoms with Crippen LogP contribution in [-0.4, -0.2) is 13.2 Å². The van der Waals surface area contributed by atoms with E-state index in [2.05, 4.69) is 19.2 Å². The zero-order valence-corrected chi connectivity index (χ0v) is 14.3. The summed E-state index contributed by atoms with van der Waals surface area (Å²) in [5, 5.41) is 3.70. The van der Waals surface area contributed by atoms with Crippen LogP contribution < -0.4 is 14.8 Å². The maximum Gasteiger partial charge on any atom is 0.161 e. The Balaban J connectivity index is 2.07. The molecule has 23 heavy (non-hydrogen) atoms. The molecule has 3 nitrogen and oxygen atoms in total. The van der Waals surface area contributed by atoms with Crippen molar-refractivity contribution in [3.63, 3.8) is 0 Å². The summed E-state index contributed by atoms with van der Waals surface area (Å²) in [4.78, 5) is 0. The Morgan fingerprint density at radius 2 is 1.91 bits per heavy atom. The number of benzene rings is 2. The molecule has 2 aromatic rings. The average Bonchev–Trinajstić information content (AvgIpc) is 2.52. The van der Waals surface area contributed by atoms with Gasteiger partial charge in [0.1, 0.15) is 12.4 Å². The smallest absolute Gasteiger partial charge is 0.161 e. The van der Waals surface area contributed by atoms with Crippen molar-refractivity contribution >= 4 is 11.6 Å². The Kier molecular flexibility index (Phi) is 6.25. The summed E-state index contributed by atoms with van der Waals surface area (Å²) in [6.07, 6.45) is 0. The molecule has 124 valence electrons. The lowest BCUT2D eigenvalue weighted by Gasteiger charge is -2.14. The molecule has 5 heteroatoms. The first-order valence-corrected chi connectivity index (χ1v) is 7.84. The van der Waals surface area contributed by atoms with Crippen molar-refractivity contribution in [2.24, 2.45) is 0 Å². The van der Waals surface area contributed by atoms with Crippen molar-refractivity contribution in [1.82, 2.24) is 5.32 Å². The predicted octanol–water partition coefficient (Wildman–Crippen LogP) is 4.56. The van der Waals surface area contributed by atoms with Gasteiger partial charge in [0.05, 0.1) is 12.1 Å². The molecular formula is C18H21ClFNO2. The Bertz CT molecular complexity index is 661. The monoisotopic (exact) mass is 337 g/mol. The summed E-state index contributed by atoms with van der Waals surface area (Å²) in [7, 11) is 1.60. The van der Waals surface area contributed by atoms with Crippen LogP contribution >= 0.6 is 11.6 Å². The van der Waals surface area contributed by atoms with Crippen molar-refractivity contribution in [3.8, 4) is 11.5 Å². The molecule has 0 aromatic heterocycles. The van der Waals surface area contributed by atoms with Crippen LogP contribution in [0, 0.1) is 5.82 Å². The maximum absolute atomic E-state index is 13.1. The van der Waals surface area contributed by atoms with Crippen LogP contribution in [0.15, 0.2) is 36.4 Å². The molecule has 0 atom stereocenters. The van der Waals surface area contributed by atoms with Crippen molar-refractivity contribution in [1.29, 1.82) is 0 Å². The van der Waals surface area contributed by atoms with Gasteiger partial charge >= 0.3 is 0 Å². The number of rotatable bonds is 7. The van der Waals surface area contributed by atoms with Gasteiger partial charge in [-0.05, 0) is 29.8 Å². The minimum absolute atomic E-state index is 0.249. The maximum atomic E-state index is 13.1. The molecule has 0 radical (unpaired) electrons. The van der Waals surface area contributed by atoms with E-state index in [1.807, 2.05) is 18.2 Å². The van der Waals surface area contributed by atoms with Crippen LogP contribution in [0.4, 0.5) is 4.39 Å². The predicted molar refractivity (Wildman–Crippen MR) is 90.7 cm³/mol. The van der Waals surface area contributed by atoms with E-state index in [-0.39, 0.29) is 12.4 Å². The van der Waals surface area contributed by atoms with E-state index in [4.69, 9.17) is 21.1 Å². The van der Waals surface area contributed by atoms with Gasteiger partial charge in [-0.3, -0.25) is 0 Å². The molecule has 0 aliphatic rings. The highest BCUT2D eigenvalue weighted by atomic mass is 35.5. The molecule has 0 saturated heterocycles. The molecule has 0 heterocycles. The highest BCUT2D eigenvalue weighted by molar-refractivity contribution is 6.31. The van der Waals surface area contributed by atoms with E-state index >= 15 is 0 Å². The van der Waals surface area contributed by atoms with Crippen molar-refractivity contribution in [2.75, 3.05) is 7.11 Å². The number of nitrogens with one attached hydrogen (secondary N) is 1. The van der Waals surface area contributed by atoms with Crippen LogP contribution in [0.2, 0.25) is 5.02 Å². The summed E-state index contributed by atoms with van der Waals surface area (Å²) in [5.41, 5.74) is 1.84. The normalized spacial score (nSPS) is 10.9. The third-order valence-electron chi connectivity index (χ3n) is 3.34. The van der Waals surface area contributed by atoms with Crippen molar-refractivity contribution in [3.05, 3.63) is 58.4 Å². The van der Waals surface area contributed by atoms with Gasteiger partial charge in [-0.25, -0.2) is 4.39 Å². The Morgan fingerprint density at radius 1 is 1.13 bits per heavy atom. The van der Waals surface area contributed by atoms with E-state index in [1.165, 1.54) is 12.1 Å². The minimum Gasteiger partial charge on any atom is -0.493 e. The summed E-state index contributed by atoms with van der Waals surface area (Å²) in [5.74, 6) is 0.922. The fourth-order valence-electron chi connectivity index (χ4n) is 2.06. The largest absolute Gasteiger partial charge is 0.493 e. The standard InChI is InChI=1S/C18H21ClFNO2/c1-12(2)21-10-13-4-7-17(18(8-13)22-3)23-11-14-5-6-15(20)9-16(14)19/h4-9,12,21H,10-11H2,1-3H3. The molecule has 2 rings (SSSR count). The number of hydrogen-bond donors (Lipinski definition) is 1. The van der Waals surface area contributed by atoms with Gasteiger partial charge in [-0.15, -0.1) is 0 Å². The molecule has 0 spiro atoms. The fourth-order valence-corrected chi connectivity index (χ4v) is 2.28. The molecule has 0 unspecified atom stereocenters. The first-order chi connectivity index (χ1) is 11.0. The second-order valence-electron chi connectivity index (χ2n) is 5.55. The van der Waals surface area contributed by atoms with Crippen LogP contribution in [0.1, 0.15) is 25.0 Å². The molecule has 0 aliphatic heterocycles. The second kappa shape index (κ2) is 8.18. The van der Waals surface area contributed by atoms with E-state index in [0.29, 0.717) is 22.6 Å². The lowest BCUT2D eigenvalue weighted by Crippen LogP contribution is -2.21. The van der Waals surface area contributed by atoms with Crippen LogP contribution in [0.25, 0.3) is 0 Å². The molecule has 0 amide bonds.